The summed E-state index contributed by atoms with van der Waals surface area (Å²) < 4.78 is 28.2. The van der Waals surface area contributed by atoms with E-state index in [1.54, 1.807) is 0 Å². The molecule has 0 spiro atoms. The van der Waals surface area contributed by atoms with Crippen molar-refractivity contribution in [3.8, 4) is 11.3 Å². The monoisotopic (exact) mass is 224 g/mol. The van der Waals surface area contributed by atoms with E-state index in [9.17, 15) is 8.78 Å². The Labute approximate surface area is 90.7 Å². The van der Waals surface area contributed by atoms with Gasteiger partial charge in [-0.15, -0.1) is 5.10 Å². The summed E-state index contributed by atoms with van der Waals surface area (Å²) in [6.45, 7) is 0.853. The molecule has 0 radical (unpaired) electrons. The molecule has 0 atom stereocenters. The lowest BCUT2D eigenvalue weighted by atomic mass is 10.1. The zero-order chi connectivity index (χ0) is 11.5. The average molecular weight is 224 g/mol. The molecule has 1 aromatic carbocycles. The minimum absolute atomic E-state index is 0.161. The van der Waals surface area contributed by atoms with E-state index in [0.717, 1.165) is 0 Å². The Morgan fingerprint density at radius 1 is 1.25 bits per heavy atom. The third kappa shape index (κ3) is 1.92. The molecule has 0 fully saturated rings. The van der Waals surface area contributed by atoms with Crippen LogP contribution in [-0.4, -0.2) is 21.5 Å². The highest BCUT2D eigenvalue weighted by molar-refractivity contribution is 5.59. The van der Waals surface area contributed by atoms with E-state index in [1.165, 1.54) is 29.1 Å². The highest BCUT2D eigenvalue weighted by atomic mass is 19.1. The van der Waals surface area contributed by atoms with Gasteiger partial charge in [-0.1, -0.05) is 11.3 Å². The van der Waals surface area contributed by atoms with Gasteiger partial charge in [-0.3, -0.25) is 4.68 Å². The van der Waals surface area contributed by atoms with Crippen LogP contribution in [0.15, 0.2) is 24.4 Å². The van der Waals surface area contributed by atoms with Crippen molar-refractivity contribution < 1.29 is 8.78 Å². The first-order chi connectivity index (χ1) is 7.72. The zero-order valence-electron chi connectivity index (χ0n) is 8.40. The van der Waals surface area contributed by atoms with Crippen molar-refractivity contribution in [2.24, 2.45) is 5.73 Å². The van der Waals surface area contributed by atoms with Crippen LogP contribution < -0.4 is 5.73 Å². The second-order valence-electron chi connectivity index (χ2n) is 3.25. The van der Waals surface area contributed by atoms with Crippen LogP contribution >= 0.6 is 0 Å². The molecule has 6 heteroatoms. The van der Waals surface area contributed by atoms with Crippen molar-refractivity contribution >= 4 is 0 Å². The Balaban J connectivity index is 2.42. The Bertz CT molecular complexity index is 475. The molecule has 1 heterocycles. The molecule has 4 nitrogen and oxygen atoms in total. The lowest BCUT2D eigenvalue weighted by Gasteiger charge is -1.99. The molecular formula is C10H10F2N4. The Hall–Kier alpha value is -1.82. The zero-order valence-corrected chi connectivity index (χ0v) is 8.40. The van der Waals surface area contributed by atoms with Crippen molar-refractivity contribution in [2.45, 2.75) is 6.54 Å². The fraction of sp³-hybridized carbons (Fsp3) is 0.200. The number of nitrogens with two attached hydrogens (primary N) is 1. The number of nitrogens with zero attached hydrogens (tertiary/aromatic N) is 3. The van der Waals surface area contributed by atoms with Gasteiger partial charge in [0.05, 0.1) is 18.3 Å². The molecule has 2 aromatic rings. The highest BCUT2D eigenvalue weighted by Gasteiger charge is 2.13. The molecule has 0 bridgehead atoms. The van der Waals surface area contributed by atoms with Crippen LogP contribution in [0.5, 0.6) is 0 Å². The van der Waals surface area contributed by atoms with E-state index < -0.39 is 11.6 Å². The fourth-order valence-corrected chi connectivity index (χ4v) is 1.40. The molecule has 0 saturated carbocycles. The number of halogens is 2. The smallest absolute Gasteiger partial charge is 0.135 e. The SMILES string of the molecule is NCCn1cc(-c2c(F)cccc2F)nn1. The van der Waals surface area contributed by atoms with E-state index in [2.05, 4.69) is 10.3 Å². The van der Waals surface area contributed by atoms with Crippen molar-refractivity contribution in [2.75, 3.05) is 6.54 Å². The summed E-state index contributed by atoms with van der Waals surface area (Å²) in [6.07, 6.45) is 1.47. The van der Waals surface area contributed by atoms with Crippen molar-refractivity contribution in [3.63, 3.8) is 0 Å². The van der Waals surface area contributed by atoms with Gasteiger partial charge in [0, 0.05) is 6.54 Å². The summed E-state index contributed by atoms with van der Waals surface area (Å²) in [4.78, 5) is 0. The number of hydrogen-bond acceptors (Lipinski definition) is 3. The maximum Gasteiger partial charge on any atom is 0.135 e. The van der Waals surface area contributed by atoms with Crippen LogP contribution in [0, 0.1) is 11.6 Å². The third-order valence-electron chi connectivity index (χ3n) is 2.12. The number of hydrogen-bond donors (Lipinski definition) is 1. The van der Waals surface area contributed by atoms with E-state index in [-0.39, 0.29) is 11.3 Å². The van der Waals surface area contributed by atoms with E-state index in [4.69, 9.17) is 5.73 Å². The van der Waals surface area contributed by atoms with Gasteiger partial charge in [0.2, 0.25) is 0 Å². The van der Waals surface area contributed by atoms with Crippen LogP contribution in [-0.2, 0) is 6.54 Å². The molecule has 0 saturated heterocycles. The predicted octanol–water partition coefficient (Wildman–Crippen LogP) is 1.18. The van der Waals surface area contributed by atoms with Gasteiger partial charge >= 0.3 is 0 Å². The van der Waals surface area contributed by atoms with Gasteiger partial charge in [-0.25, -0.2) is 8.78 Å². The normalized spacial score (nSPS) is 10.7. The Morgan fingerprint density at radius 3 is 2.56 bits per heavy atom. The summed E-state index contributed by atoms with van der Waals surface area (Å²) in [7, 11) is 0. The predicted molar refractivity (Wildman–Crippen MR) is 54.4 cm³/mol. The van der Waals surface area contributed by atoms with Gasteiger partial charge in [-0.05, 0) is 12.1 Å². The minimum Gasteiger partial charge on any atom is -0.329 e. The van der Waals surface area contributed by atoms with Crippen molar-refractivity contribution in [1.82, 2.24) is 15.0 Å². The van der Waals surface area contributed by atoms with Crippen LogP contribution in [0.4, 0.5) is 8.78 Å². The van der Waals surface area contributed by atoms with E-state index in [1.807, 2.05) is 0 Å². The molecule has 0 aliphatic carbocycles. The van der Waals surface area contributed by atoms with Gasteiger partial charge in [-0.2, -0.15) is 0 Å². The van der Waals surface area contributed by atoms with Crippen LogP contribution in [0.3, 0.4) is 0 Å². The molecule has 0 aliphatic rings. The van der Waals surface area contributed by atoms with Gasteiger partial charge in [0.15, 0.2) is 0 Å². The van der Waals surface area contributed by atoms with Gasteiger partial charge in [0.25, 0.3) is 0 Å². The van der Waals surface area contributed by atoms with Gasteiger partial charge in [0.1, 0.15) is 17.3 Å². The lowest BCUT2D eigenvalue weighted by molar-refractivity contribution is 0.588. The third-order valence-corrected chi connectivity index (χ3v) is 2.12. The van der Waals surface area contributed by atoms with E-state index in [0.29, 0.717) is 13.1 Å². The van der Waals surface area contributed by atoms with Gasteiger partial charge < -0.3 is 5.73 Å². The first-order valence-corrected chi connectivity index (χ1v) is 4.77. The van der Waals surface area contributed by atoms with Crippen molar-refractivity contribution in [1.29, 1.82) is 0 Å². The molecule has 1 aromatic heterocycles. The molecule has 0 amide bonds. The fourth-order valence-electron chi connectivity index (χ4n) is 1.40. The first-order valence-electron chi connectivity index (χ1n) is 4.77. The molecule has 0 unspecified atom stereocenters. The van der Waals surface area contributed by atoms with Crippen molar-refractivity contribution in [3.05, 3.63) is 36.0 Å². The van der Waals surface area contributed by atoms with E-state index >= 15 is 0 Å². The second-order valence-corrected chi connectivity index (χ2v) is 3.25. The summed E-state index contributed by atoms with van der Waals surface area (Å²) in [5.74, 6) is -1.31. The topological polar surface area (TPSA) is 56.7 Å². The van der Waals surface area contributed by atoms with Crippen LogP contribution in [0.1, 0.15) is 0 Å². The standard InChI is InChI=1S/C10H10F2N4/c11-7-2-1-3-8(12)10(7)9-6-16(5-4-13)15-14-9/h1-3,6H,4-5,13H2. The van der Waals surface area contributed by atoms with Crippen LogP contribution in [0.25, 0.3) is 11.3 Å². The Morgan fingerprint density at radius 2 is 1.94 bits per heavy atom. The minimum atomic E-state index is -0.653. The molecule has 2 N–H and O–H groups in total. The maximum atomic E-state index is 13.4. The summed E-state index contributed by atoms with van der Waals surface area (Å²) in [6, 6.07) is 3.67. The largest absolute Gasteiger partial charge is 0.329 e. The average Bonchev–Trinajstić information content (AvgIpc) is 2.67. The summed E-state index contributed by atoms with van der Waals surface area (Å²) >= 11 is 0. The molecule has 16 heavy (non-hydrogen) atoms. The summed E-state index contributed by atoms with van der Waals surface area (Å²) in [5.41, 5.74) is 5.34. The summed E-state index contributed by atoms with van der Waals surface area (Å²) in [5, 5.41) is 7.42. The molecule has 2 rings (SSSR count). The number of benzene rings is 1. The van der Waals surface area contributed by atoms with Crippen LogP contribution in [0.2, 0.25) is 0 Å². The number of aromatic nitrogens is 3. The molecular weight excluding hydrogens is 214 g/mol. The molecule has 0 aliphatic heterocycles. The quantitative estimate of drug-likeness (QED) is 0.851. The molecule has 84 valence electrons. The number of rotatable bonds is 3. The lowest BCUT2D eigenvalue weighted by Crippen LogP contribution is -2.10. The first kappa shape index (κ1) is 10.7. The highest BCUT2D eigenvalue weighted by Crippen LogP contribution is 2.23. The second kappa shape index (κ2) is 4.36. The Kier molecular flexibility index (Phi) is 2.91. The maximum absolute atomic E-state index is 13.4.